The van der Waals surface area contributed by atoms with Gasteiger partial charge in [-0.15, -0.1) is 0 Å². The molecule has 0 aliphatic rings. The van der Waals surface area contributed by atoms with Crippen LogP contribution in [0.5, 0.6) is 0 Å². The second-order valence-corrected chi connectivity index (χ2v) is 4.26. The Kier molecular flexibility index (Phi) is 3.85. The lowest BCUT2D eigenvalue weighted by Gasteiger charge is -2.05. The molecule has 2 aromatic rings. The Bertz CT molecular complexity index is 552. The highest BCUT2D eigenvalue weighted by atomic mass is 35.5. The molecule has 0 amide bonds. The summed E-state index contributed by atoms with van der Waals surface area (Å²) in [5.74, 6) is -0.391. The fourth-order valence-electron chi connectivity index (χ4n) is 1.48. The lowest BCUT2D eigenvalue weighted by Crippen LogP contribution is -2.05. The number of nitrogens with two attached hydrogens (primary N) is 1. The van der Waals surface area contributed by atoms with Gasteiger partial charge in [-0.3, -0.25) is 0 Å². The van der Waals surface area contributed by atoms with Crippen LogP contribution in [0.15, 0.2) is 48.5 Å². The van der Waals surface area contributed by atoms with Crippen LogP contribution in [0, 0.1) is 0 Å². The predicted molar refractivity (Wildman–Crippen MR) is 71.4 cm³/mol. The third-order valence-electron chi connectivity index (χ3n) is 2.41. The number of ether oxygens (including phenoxy) is 1. The molecule has 0 heterocycles. The third kappa shape index (κ3) is 3.25. The van der Waals surface area contributed by atoms with Crippen LogP contribution in [-0.2, 0) is 11.3 Å². The van der Waals surface area contributed by atoms with Gasteiger partial charge in [0.1, 0.15) is 6.61 Å². The first-order valence-electron chi connectivity index (χ1n) is 5.42. The third-order valence-corrected chi connectivity index (χ3v) is 2.66. The number of hydrogen-bond donors (Lipinski definition) is 1. The molecular weight excluding hydrogens is 250 g/mol. The molecule has 92 valence electrons. The van der Waals surface area contributed by atoms with Gasteiger partial charge < -0.3 is 10.5 Å². The monoisotopic (exact) mass is 261 g/mol. The van der Waals surface area contributed by atoms with E-state index in [9.17, 15) is 4.79 Å². The number of carbonyl (C=O) groups is 1. The fraction of sp³-hybridized carbons (Fsp3) is 0.0714. The molecule has 0 atom stereocenters. The van der Waals surface area contributed by atoms with Crippen molar-refractivity contribution in [1.29, 1.82) is 0 Å². The Hall–Kier alpha value is -2.00. The van der Waals surface area contributed by atoms with Crippen molar-refractivity contribution >= 4 is 23.3 Å². The van der Waals surface area contributed by atoms with Crippen LogP contribution in [-0.4, -0.2) is 5.97 Å². The summed E-state index contributed by atoms with van der Waals surface area (Å²) in [5, 5.41) is 0.654. The maximum absolute atomic E-state index is 11.7. The van der Waals surface area contributed by atoms with E-state index >= 15 is 0 Å². The first kappa shape index (κ1) is 12.5. The molecule has 0 aliphatic carbocycles. The molecular formula is C14H12ClNO2. The summed E-state index contributed by atoms with van der Waals surface area (Å²) >= 11 is 5.77. The number of rotatable bonds is 3. The number of nitrogen functional groups attached to an aromatic ring is 1. The lowest BCUT2D eigenvalue weighted by atomic mass is 10.2. The second kappa shape index (κ2) is 5.56. The molecule has 2 N–H and O–H groups in total. The van der Waals surface area contributed by atoms with E-state index in [0.29, 0.717) is 16.3 Å². The lowest BCUT2D eigenvalue weighted by molar-refractivity contribution is 0.0473. The van der Waals surface area contributed by atoms with E-state index in [4.69, 9.17) is 22.1 Å². The van der Waals surface area contributed by atoms with Crippen molar-refractivity contribution in [3.8, 4) is 0 Å². The highest BCUT2D eigenvalue weighted by Gasteiger charge is 2.07. The van der Waals surface area contributed by atoms with Crippen molar-refractivity contribution < 1.29 is 9.53 Å². The van der Waals surface area contributed by atoms with Crippen molar-refractivity contribution in [2.75, 3.05) is 5.73 Å². The van der Waals surface area contributed by atoms with E-state index in [2.05, 4.69) is 0 Å². The Labute approximate surface area is 110 Å². The highest BCUT2D eigenvalue weighted by molar-refractivity contribution is 6.30. The van der Waals surface area contributed by atoms with Gasteiger partial charge in [-0.2, -0.15) is 0 Å². The van der Waals surface area contributed by atoms with Gasteiger partial charge in [0, 0.05) is 10.7 Å². The minimum atomic E-state index is -0.391. The maximum atomic E-state index is 11.7. The molecule has 0 aromatic heterocycles. The molecule has 0 spiro atoms. The summed E-state index contributed by atoms with van der Waals surface area (Å²) in [6, 6.07) is 13.8. The van der Waals surface area contributed by atoms with E-state index < -0.39 is 5.97 Å². The average Bonchev–Trinajstić information content (AvgIpc) is 2.38. The Balaban J connectivity index is 1.98. The SMILES string of the molecule is Nc1cccc(C(=O)OCc2ccc(Cl)cc2)c1. The zero-order valence-electron chi connectivity index (χ0n) is 9.60. The Morgan fingerprint density at radius 2 is 1.89 bits per heavy atom. The quantitative estimate of drug-likeness (QED) is 0.681. The van der Waals surface area contributed by atoms with Crippen molar-refractivity contribution in [1.82, 2.24) is 0 Å². The molecule has 4 heteroatoms. The van der Waals surface area contributed by atoms with Gasteiger partial charge in [0.2, 0.25) is 0 Å². The van der Waals surface area contributed by atoms with Crippen molar-refractivity contribution in [2.24, 2.45) is 0 Å². The van der Waals surface area contributed by atoms with Gasteiger partial charge in [0.05, 0.1) is 5.56 Å². The Morgan fingerprint density at radius 1 is 1.17 bits per heavy atom. The first-order valence-corrected chi connectivity index (χ1v) is 5.80. The van der Waals surface area contributed by atoms with Gasteiger partial charge in [-0.25, -0.2) is 4.79 Å². The largest absolute Gasteiger partial charge is 0.457 e. The fourth-order valence-corrected chi connectivity index (χ4v) is 1.60. The van der Waals surface area contributed by atoms with Crippen LogP contribution in [0.2, 0.25) is 5.02 Å². The van der Waals surface area contributed by atoms with Gasteiger partial charge >= 0.3 is 5.97 Å². The molecule has 3 nitrogen and oxygen atoms in total. The van der Waals surface area contributed by atoms with Crippen LogP contribution in [0.1, 0.15) is 15.9 Å². The number of carbonyl (C=O) groups excluding carboxylic acids is 1. The van der Waals surface area contributed by atoms with Crippen LogP contribution in [0.4, 0.5) is 5.69 Å². The minimum absolute atomic E-state index is 0.213. The molecule has 0 saturated heterocycles. The molecule has 0 aliphatic heterocycles. The summed E-state index contributed by atoms with van der Waals surface area (Å²) < 4.78 is 5.17. The number of hydrogen-bond acceptors (Lipinski definition) is 3. The Morgan fingerprint density at radius 3 is 2.56 bits per heavy atom. The molecule has 18 heavy (non-hydrogen) atoms. The summed E-state index contributed by atoms with van der Waals surface area (Å²) in [6.07, 6.45) is 0. The van der Waals surface area contributed by atoms with E-state index in [1.54, 1.807) is 36.4 Å². The van der Waals surface area contributed by atoms with E-state index in [-0.39, 0.29) is 6.61 Å². The van der Waals surface area contributed by atoms with Crippen molar-refractivity contribution in [3.63, 3.8) is 0 Å². The zero-order chi connectivity index (χ0) is 13.0. The maximum Gasteiger partial charge on any atom is 0.338 e. The molecule has 0 unspecified atom stereocenters. The number of esters is 1. The van der Waals surface area contributed by atoms with Gasteiger partial charge in [-0.1, -0.05) is 29.8 Å². The van der Waals surface area contributed by atoms with Crippen LogP contribution >= 0.6 is 11.6 Å². The van der Waals surface area contributed by atoms with E-state index in [0.717, 1.165) is 5.56 Å². The van der Waals surface area contributed by atoms with Gasteiger partial charge in [0.15, 0.2) is 0 Å². The summed E-state index contributed by atoms with van der Waals surface area (Å²) in [7, 11) is 0. The van der Waals surface area contributed by atoms with Crippen molar-refractivity contribution in [3.05, 3.63) is 64.7 Å². The molecule has 2 aromatic carbocycles. The summed E-state index contributed by atoms with van der Waals surface area (Å²) in [4.78, 5) is 11.7. The minimum Gasteiger partial charge on any atom is -0.457 e. The molecule has 2 rings (SSSR count). The zero-order valence-corrected chi connectivity index (χ0v) is 10.4. The summed E-state index contributed by atoms with van der Waals surface area (Å²) in [5.41, 5.74) is 7.47. The average molecular weight is 262 g/mol. The van der Waals surface area contributed by atoms with Gasteiger partial charge in [-0.05, 0) is 35.9 Å². The standard InChI is InChI=1S/C14H12ClNO2/c15-12-6-4-10(5-7-12)9-18-14(17)11-2-1-3-13(16)8-11/h1-8H,9,16H2. The van der Waals surface area contributed by atoms with Crippen molar-refractivity contribution in [2.45, 2.75) is 6.61 Å². The van der Waals surface area contributed by atoms with E-state index in [1.807, 2.05) is 12.1 Å². The molecule has 0 saturated carbocycles. The molecule has 0 bridgehead atoms. The van der Waals surface area contributed by atoms with Crippen LogP contribution in [0.25, 0.3) is 0 Å². The van der Waals surface area contributed by atoms with Crippen LogP contribution in [0.3, 0.4) is 0 Å². The molecule has 0 fully saturated rings. The number of anilines is 1. The van der Waals surface area contributed by atoms with Gasteiger partial charge in [0.25, 0.3) is 0 Å². The first-order chi connectivity index (χ1) is 8.65. The van der Waals surface area contributed by atoms with Crippen LogP contribution < -0.4 is 5.73 Å². The second-order valence-electron chi connectivity index (χ2n) is 3.83. The number of halogens is 1. The normalized spacial score (nSPS) is 10.1. The van der Waals surface area contributed by atoms with E-state index in [1.165, 1.54) is 0 Å². The highest BCUT2D eigenvalue weighted by Crippen LogP contribution is 2.12. The number of benzene rings is 2. The smallest absolute Gasteiger partial charge is 0.338 e. The predicted octanol–water partition coefficient (Wildman–Crippen LogP) is 3.28. The molecule has 0 radical (unpaired) electrons. The summed E-state index contributed by atoms with van der Waals surface area (Å²) in [6.45, 7) is 0.213. The topological polar surface area (TPSA) is 52.3 Å².